The van der Waals surface area contributed by atoms with Crippen LogP contribution in [0.5, 0.6) is 5.88 Å². The number of hydrogen-bond acceptors (Lipinski definition) is 9. The first-order valence-corrected chi connectivity index (χ1v) is 11.0. The van der Waals surface area contributed by atoms with E-state index in [9.17, 15) is 14.4 Å². The van der Waals surface area contributed by atoms with Gasteiger partial charge in [-0.3, -0.25) is 24.3 Å². The minimum absolute atomic E-state index is 0.0256. The number of aromatic nitrogens is 4. The number of amides is 2. The number of rotatable bonds is 5. The SMILES string of the molecule is Cc1onc(-c2ccccn2)c1COc1ccc(C(=O)N2CC[SH4]C(=O)C2=O)nn1. The molecule has 0 bridgehead atoms. The van der Waals surface area contributed by atoms with Crippen LogP contribution < -0.4 is 4.74 Å². The smallest absolute Gasteiger partial charge is 0.304 e. The van der Waals surface area contributed by atoms with Crippen molar-refractivity contribution < 1.29 is 23.6 Å². The van der Waals surface area contributed by atoms with E-state index in [0.717, 1.165) is 10.5 Å². The lowest BCUT2D eigenvalue weighted by atomic mass is 10.1. The zero-order valence-corrected chi connectivity index (χ0v) is 17.5. The van der Waals surface area contributed by atoms with Crippen molar-refractivity contribution >= 4 is 28.7 Å². The molecule has 0 radical (unpaired) electrons. The van der Waals surface area contributed by atoms with Gasteiger partial charge in [-0.15, -0.1) is 10.2 Å². The molecule has 0 aromatic carbocycles. The van der Waals surface area contributed by atoms with Crippen LogP contribution in [0.2, 0.25) is 0 Å². The van der Waals surface area contributed by atoms with E-state index in [0.29, 0.717) is 22.9 Å². The molecule has 0 N–H and O–H groups in total. The Bertz CT molecular complexity index is 1100. The van der Waals surface area contributed by atoms with E-state index in [1.165, 1.54) is 12.1 Å². The van der Waals surface area contributed by atoms with E-state index in [4.69, 9.17) is 9.26 Å². The summed E-state index contributed by atoms with van der Waals surface area (Å²) >= 11 is -1.07. The zero-order valence-electron chi connectivity index (χ0n) is 16.1. The van der Waals surface area contributed by atoms with Crippen molar-refractivity contribution in [3.8, 4) is 17.3 Å². The molecule has 0 aliphatic carbocycles. The third-order valence-electron chi connectivity index (χ3n) is 4.63. The molecule has 1 aliphatic rings. The monoisotopic (exact) mass is 429 g/mol. The second-order valence-corrected chi connectivity index (χ2v) is 8.46. The van der Waals surface area contributed by atoms with Crippen LogP contribution in [0.15, 0.2) is 41.1 Å². The highest BCUT2D eigenvalue weighted by molar-refractivity contribution is 8.15. The number of carbonyl (C=O) groups is 3. The maximum absolute atomic E-state index is 12.5. The fourth-order valence-corrected chi connectivity index (χ4v) is 4.21. The van der Waals surface area contributed by atoms with E-state index < -0.39 is 28.7 Å². The van der Waals surface area contributed by atoms with E-state index in [2.05, 4.69) is 20.3 Å². The van der Waals surface area contributed by atoms with E-state index in [-0.39, 0.29) is 24.7 Å². The quantitative estimate of drug-likeness (QED) is 0.422. The van der Waals surface area contributed by atoms with Gasteiger partial charge in [0.2, 0.25) is 11.0 Å². The minimum Gasteiger partial charge on any atom is -0.472 e. The first-order valence-electron chi connectivity index (χ1n) is 9.26. The number of imide groups is 1. The Balaban J connectivity index is 1.45. The highest BCUT2D eigenvalue weighted by atomic mass is 32.2. The zero-order chi connectivity index (χ0) is 21.1. The molecule has 30 heavy (non-hydrogen) atoms. The van der Waals surface area contributed by atoms with Crippen LogP contribution in [0, 0.1) is 6.92 Å². The summed E-state index contributed by atoms with van der Waals surface area (Å²) in [5.74, 6) is -0.0139. The molecule has 0 spiro atoms. The van der Waals surface area contributed by atoms with Crippen molar-refractivity contribution in [3.05, 3.63) is 53.5 Å². The van der Waals surface area contributed by atoms with Gasteiger partial charge in [-0.05, 0) is 30.9 Å². The lowest BCUT2D eigenvalue weighted by molar-refractivity contribution is -0.138. The van der Waals surface area contributed by atoms with E-state index in [1.807, 2.05) is 12.1 Å². The van der Waals surface area contributed by atoms with Gasteiger partial charge in [-0.1, -0.05) is 11.2 Å². The van der Waals surface area contributed by atoms with Gasteiger partial charge >= 0.3 is 5.91 Å². The van der Waals surface area contributed by atoms with Crippen LogP contribution in [-0.4, -0.2) is 54.5 Å². The molecule has 3 aromatic rings. The number of ether oxygens (including phenoxy) is 1. The maximum atomic E-state index is 12.5. The first-order chi connectivity index (χ1) is 14.5. The number of hydrogen-bond donors (Lipinski definition) is 0. The molecular formula is C19H19N5O5S. The van der Waals surface area contributed by atoms with Gasteiger partial charge in [-0.25, -0.2) is 11.8 Å². The van der Waals surface area contributed by atoms with Crippen LogP contribution in [0.3, 0.4) is 0 Å². The Hall–Kier alpha value is -3.60. The molecular weight excluding hydrogens is 410 g/mol. The normalized spacial score (nSPS) is 14.4. The Morgan fingerprint density at radius 3 is 2.83 bits per heavy atom. The van der Waals surface area contributed by atoms with Gasteiger partial charge in [0.15, 0.2) is 5.69 Å². The number of aryl methyl sites for hydroxylation is 1. The predicted octanol–water partition coefficient (Wildman–Crippen LogP) is 0.585. The second-order valence-electron chi connectivity index (χ2n) is 6.62. The topological polar surface area (TPSA) is 128 Å². The summed E-state index contributed by atoms with van der Waals surface area (Å²) in [6.45, 7) is 2.14. The lowest BCUT2D eigenvalue weighted by Crippen LogP contribution is -2.45. The molecule has 2 amide bonds. The number of nitrogens with zero attached hydrogens (tertiary/aromatic N) is 5. The summed E-state index contributed by atoms with van der Waals surface area (Å²) < 4.78 is 10.9. The molecule has 1 aliphatic heterocycles. The summed E-state index contributed by atoms with van der Waals surface area (Å²) in [4.78, 5) is 41.2. The van der Waals surface area contributed by atoms with E-state index >= 15 is 0 Å². The van der Waals surface area contributed by atoms with Crippen LogP contribution in [0.1, 0.15) is 21.8 Å². The Labute approximate surface area is 174 Å². The molecule has 3 aromatic heterocycles. The summed E-state index contributed by atoms with van der Waals surface area (Å²) in [7, 11) is 0. The van der Waals surface area contributed by atoms with Gasteiger partial charge in [0.1, 0.15) is 18.1 Å². The molecule has 1 saturated heterocycles. The van der Waals surface area contributed by atoms with Gasteiger partial charge in [0.25, 0.3) is 5.91 Å². The Kier molecular flexibility index (Phi) is 5.53. The summed E-state index contributed by atoms with van der Waals surface area (Å²) in [6, 6.07) is 8.36. The van der Waals surface area contributed by atoms with Crippen LogP contribution in [0.25, 0.3) is 11.4 Å². The third kappa shape index (κ3) is 3.92. The molecule has 10 nitrogen and oxygen atoms in total. The molecule has 11 heteroatoms. The number of carbonyl (C=O) groups excluding carboxylic acids is 3. The fourth-order valence-electron chi connectivity index (χ4n) is 3.01. The van der Waals surface area contributed by atoms with Crippen LogP contribution >= 0.6 is 11.8 Å². The van der Waals surface area contributed by atoms with Crippen molar-refractivity contribution in [1.82, 2.24) is 25.2 Å². The van der Waals surface area contributed by atoms with Crippen LogP contribution in [0.4, 0.5) is 0 Å². The van der Waals surface area contributed by atoms with E-state index in [1.54, 1.807) is 19.2 Å². The molecule has 156 valence electrons. The first kappa shape index (κ1) is 19.7. The van der Waals surface area contributed by atoms with Gasteiger partial charge < -0.3 is 9.26 Å². The Morgan fingerprint density at radius 1 is 1.23 bits per heavy atom. The molecule has 1 fully saturated rings. The van der Waals surface area contributed by atoms with Crippen molar-refractivity contribution in [2.24, 2.45) is 0 Å². The standard InChI is InChI=1S/C19H19N5O5S/c1-11-12(16(23-29-11)13-4-2-3-7-20-13)10-28-15-6-5-14(21-22-15)17(25)24-8-9-30-19(27)18(24)26/h2-7H,8-10H2,1H3,30H4. The van der Waals surface area contributed by atoms with Crippen molar-refractivity contribution in [3.63, 3.8) is 0 Å². The lowest BCUT2D eigenvalue weighted by Gasteiger charge is -2.24. The molecule has 0 saturated carbocycles. The molecule has 4 heterocycles. The van der Waals surface area contributed by atoms with Crippen molar-refractivity contribution in [2.75, 3.05) is 12.3 Å². The highest BCUT2D eigenvalue weighted by Gasteiger charge is 2.31. The predicted molar refractivity (Wildman–Crippen MR) is 110 cm³/mol. The summed E-state index contributed by atoms with van der Waals surface area (Å²) in [5, 5.41) is 11.3. The largest absolute Gasteiger partial charge is 0.472 e. The maximum Gasteiger partial charge on any atom is 0.304 e. The second kappa shape index (κ2) is 8.41. The molecule has 0 unspecified atom stereocenters. The minimum atomic E-state index is -1.07. The van der Waals surface area contributed by atoms with Crippen molar-refractivity contribution in [2.45, 2.75) is 13.5 Å². The van der Waals surface area contributed by atoms with Gasteiger partial charge in [0, 0.05) is 18.8 Å². The van der Waals surface area contributed by atoms with Gasteiger partial charge in [-0.2, -0.15) is 0 Å². The van der Waals surface area contributed by atoms with Crippen molar-refractivity contribution in [1.29, 1.82) is 0 Å². The van der Waals surface area contributed by atoms with Gasteiger partial charge in [0.05, 0.1) is 11.3 Å². The fraction of sp³-hybridized carbons (Fsp3) is 0.211. The molecule has 4 rings (SSSR count). The highest BCUT2D eigenvalue weighted by Crippen LogP contribution is 2.24. The molecule has 0 atom stereocenters. The average Bonchev–Trinajstić information content (AvgIpc) is 3.15. The average molecular weight is 429 g/mol. The summed E-state index contributed by atoms with van der Waals surface area (Å²) in [6.07, 6.45) is 1.66. The Morgan fingerprint density at radius 2 is 2.10 bits per heavy atom. The number of pyridine rings is 1. The van der Waals surface area contributed by atoms with Crippen LogP contribution in [-0.2, 0) is 16.2 Å². The summed E-state index contributed by atoms with van der Waals surface area (Å²) in [5.41, 5.74) is 1.92. The third-order valence-corrected chi connectivity index (χ3v) is 6.06.